The standard InChI is InChI=1S/C13H18N2O5S/c1-7-4-15(5-9(6-16)20-7)13-14-10(12(18)19-3)11(21-13)8(2)17/h7,9,16H,4-6H2,1-3H3. The number of morpholine rings is 1. The van der Waals surface area contributed by atoms with Crippen LogP contribution in [0.15, 0.2) is 0 Å². The topological polar surface area (TPSA) is 89.0 Å². The molecule has 0 aliphatic carbocycles. The van der Waals surface area contributed by atoms with Crippen LogP contribution in [0, 0.1) is 0 Å². The molecule has 2 unspecified atom stereocenters. The first-order chi connectivity index (χ1) is 9.96. The van der Waals surface area contributed by atoms with E-state index in [2.05, 4.69) is 9.72 Å². The van der Waals surface area contributed by atoms with E-state index in [1.165, 1.54) is 14.0 Å². The summed E-state index contributed by atoms with van der Waals surface area (Å²) in [6, 6.07) is 0. The number of ether oxygens (including phenoxy) is 2. The molecular formula is C13H18N2O5S. The number of aliphatic hydroxyl groups excluding tert-OH is 1. The number of thiazole rings is 1. The highest BCUT2D eigenvalue weighted by Gasteiger charge is 2.29. The van der Waals surface area contributed by atoms with Gasteiger partial charge in [0.15, 0.2) is 16.6 Å². The first-order valence-corrected chi connectivity index (χ1v) is 7.39. The number of ketones is 1. The second kappa shape index (κ2) is 6.50. The highest BCUT2D eigenvalue weighted by molar-refractivity contribution is 7.17. The molecule has 21 heavy (non-hydrogen) atoms. The lowest BCUT2D eigenvalue weighted by Crippen LogP contribution is -2.48. The number of carbonyl (C=O) groups is 2. The van der Waals surface area contributed by atoms with Gasteiger partial charge in [-0.2, -0.15) is 0 Å². The summed E-state index contributed by atoms with van der Waals surface area (Å²) >= 11 is 1.16. The van der Waals surface area contributed by atoms with Gasteiger partial charge in [-0.1, -0.05) is 11.3 Å². The van der Waals surface area contributed by atoms with Crippen LogP contribution in [0.2, 0.25) is 0 Å². The Balaban J connectivity index is 2.31. The van der Waals surface area contributed by atoms with Gasteiger partial charge in [0.1, 0.15) is 4.88 Å². The van der Waals surface area contributed by atoms with Gasteiger partial charge in [-0.05, 0) is 6.92 Å². The lowest BCUT2D eigenvalue weighted by Gasteiger charge is -2.35. The number of hydrogen-bond acceptors (Lipinski definition) is 8. The molecule has 1 N–H and O–H groups in total. The van der Waals surface area contributed by atoms with Crippen molar-refractivity contribution < 1.29 is 24.2 Å². The average Bonchev–Trinajstić information content (AvgIpc) is 2.91. The minimum absolute atomic E-state index is 0.0460. The lowest BCUT2D eigenvalue weighted by molar-refractivity contribution is -0.0421. The Morgan fingerprint density at radius 3 is 2.81 bits per heavy atom. The summed E-state index contributed by atoms with van der Waals surface area (Å²) in [4.78, 5) is 29.8. The molecule has 0 radical (unpaired) electrons. The van der Waals surface area contributed by atoms with E-state index in [0.717, 1.165) is 11.3 Å². The normalized spacial score (nSPS) is 22.2. The van der Waals surface area contributed by atoms with Gasteiger partial charge in [0, 0.05) is 20.0 Å². The Labute approximate surface area is 126 Å². The zero-order valence-corrected chi connectivity index (χ0v) is 13.0. The second-order valence-electron chi connectivity index (χ2n) is 4.88. The Morgan fingerprint density at radius 1 is 1.52 bits per heavy atom. The van der Waals surface area contributed by atoms with Gasteiger partial charge in [0.2, 0.25) is 0 Å². The molecule has 2 heterocycles. The molecule has 0 aromatic carbocycles. The van der Waals surface area contributed by atoms with Crippen LogP contribution in [0.1, 0.15) is 34.0 Å². The maximum Gasteiger partial charge on any atom is 0.358 e. The van der Waals surface area contributed by atoms with Crippen molar-refractivity contribution in [2.75, 3.05) is 31.7 Å². The summed E-state index contributed by atoms with van der Waals surface area (Å²) in [7, 11) is 1.25. The number of aromatic nitrogens is 1. The van der Waals surface area contributed by atoms with E-state index in [9.17, 15) is 14.7 Å². The third-order valence-corrected chi connectivity index (χ3v) is 4.33. The molecule has 1 saturated heterocycles. The van der Waals surface area contributed by atoms with Crippen molar-refractivity contribution in [3.8, 4) is 0 Å². The number of methoxy groups -OCH3 is 1. The number of anilines is 1. The minimum atomic E-state index is -0.622. The van der Waals surface area contributed by atoms with Crippen molar-refractivity contribution in [3.05, 3.63) is 10.6 Å². The fourth-order valence-electron chi connectivity index (χ4n) is 2.22. The largest absolute Gasteiger partial charge is 0.464 e. The molecule has 0 amide bonds. The average molecular weight is 314 g/mol. The number of Topliss-reactive ketones (excluding diaryl/α,β-unsaturated/α-hetero) is 1. The van der Waals surface area contributed by atoms with E-state index in [1.54, 1.807) is 0 Å². The molecule has 1 aliphatic heterocycles. The Morgan fingerprint density at radius 2 is 2.24 bits per heavy atom. The van der Waals surface area contributed by atoms with Crippen molar-refractivity contribution in [1.29, 1.82) is 0 Å². The molecule has 116 valence electrons. The minimum Gasteiger partial charge on any atom is -0.464 e. The predicted octanol–water partition coefficient (Wildman–Crippen LogP) is 0.718. The van der Waals surface area contributed by atoms with Gasteiger partial charge in [0.05, 0.1) is 25.9 Å². The fourth-order valence-corrected chi connectivity index (χ4v) is 3.19. The van der Waals surface area contributed by atoms with E-state index in [4.69, 9.17) is 4.74 Å². The zero-order valence-electron chi connectivity index (χ0n) is 12.2. The van der Waals surface area contributed by atoms with Gasteiger partial charge >= 0.3 is 5.97 Å². The summed E-state index contributed by atoms with van der Waals surface area (Å²) in [5.74, 6) is -0.845. The third kappa shape index (κ3) is 3.39. The first kappa shape index (κ1) is 15.9. The Bertz CT molecular complexity index is 545. The number of esters is 1. The van der Waals surface area contributed by atoms with Crippen molar-refractivity contribution in [2.24, 2.45) is 0 Å². The van der Waals surface area contributed by atoms with E-state index in [-0.39, 0.29) is 35.2 Å². The second-order valence-corrected chi connectivity index (χ2v) is 5.86. The van der Waals surface area contributed by atoms with Crippen LogP contribution in [-0.2, 0) is 9.47 Å². The molecule has 1 aliphatic rings. The highest BCUT2D eigenvalue weighted by Crippen LogP contribution is 2.29. The molecule has 0 saturated carbocycles. The molecule has 8 heteroatoms. The first-order valence-electron chi connectivity index (χ1n) is 6.57. The van der Waals surface area contributed by atoms with Gasteiger partial charge in [-0.25, -0.2) is 9.78 Å². The van der Waals surface area contributed by atoms with Crippen LogP contribution >= 0.6 is 11.3 Å². The molecule has 1 aromatic rings. The smallest absolute Gasteiger partial charge is 0.358 e. The van der Waals surface area contributed by atoms with E-state index in [0.29, 0.717) is 18.2 Å². The van der Waals surface area contributed by atoms with E-state index < -0.39 is 5.97 Å². The fraction of sp³-hybridized carbons (Fsp3) is 0.615. The van der Waals surface area contributed by atoms with E-state index in [1.807, 2.05) is 11.8 Å². The summed E-state index contributed by atoms with van der Waals surface area (Å²) in [5.41, 5.74) is 0.0460. The van der Waals surface area contributed by atoms with Crippen molar-refractivity contribution in [1.82, 2.24) is 4.98 Å². The predicted molar refractivity (Wildman–Crippen MR) is 77.1 cm³/mol. The van der Waals surface area contributed by atoms with Crippen LogP contribution in [0.4, 0.5) is 5.13 Å². The summed E-state index contributed by atoms with van der Waals surface area (Å²) in [5, 5.41) is 9.81. The number of rotatable bonds is 4. The lowest BCUT2D eigenvalue weighted by atomic mass is 10.2. The SMILES string of the molecule is COC(=O)c1nc(N2CC(C)OC(CO)C2)sc1C(C)=O. The van der Waals surface area contributed by atoms with Crippen LogP contribution in [0.5, 0.6) is 0 Å². The van der Waals surface area contributed by atoms with Crippen LogP contribution in [-0.4, -0.2) is 60.9 Å². The Hall–Kier alpha value is -1.51. The maximum atomic E-state index is 11.7. The number of hydrogen-bond donors (Lipinski definition) is 1. The number of aliphatic hydroxyl groups is 1. The van der Waals surface area contributed by atoms with Crippen molar-refractivity contribution in [3.63, 3.8) is 0 Å². The third-order valence-electron chi connectivity index (χ3n) is 3.11. The summed E-state index contributed by atoms with van der Waals surface area (Å²) < 4.78 is 10.2. The van der Waals surface area contributed by atoms with Crippen LogP contribution in [0.25, 0.3) is 0 Å². The van der Waals surface area contributed by atoms with Crippen LogP contribution in [0.3, 0.4) is 0 Å². The highest BCUT2D eigenvalue weighted by atomic mass is 32.1. The quantitative estimate of drug-likeness (QED) is 0.647. The maximum absolute atomic E-state index is 11.7. The Kier molecular flexibility index (Phi) is 4.92. The molecule has 1 aromatic heterocycles. The number of nitrogens with zero attached hydrogens (tertiary/aromatic N) is 2. The van der Waals surface area contributed by atoms with Crippen molar-refractivity contribution >= 4 is 28.2 Å². The van der Waals surface area contributed by atoms with Gasteiger partial charge in [-0.3, -0.25) is 4.79 Å². The van der Waals surface area contributed by atoms with Gasteiger partial charge in [0.25, 0.3) is 0 Å². The molecule has 7 nitrogen and oxygen atoms in total. The number of carbonyl (C=O) groups excluding carboxylic acids is 2. The molecule has 2 atom stereocenters. The molecule has 2 rings (SSSR count). The summed E-state index contributed by atoms with van der Waals surface area (Å²) in [6.45, 7) is 4.25. The van der Waals surface area contributed by atoms with Gasteiger partial charge in [-0.15, -0.1) is 0 Å². The zero-order chi connectivity index (χ0) is 15.6. The molecule has 0 spiro atoms. The van der Waals surface area contributed by atoms with E-state index >= 15 is 0 Å². The molecular weight excluding hydrogens is 296 g/mol. The molecule has 1 fully saturated rings. The summed E-state index contributed by atoms with van der Waals surface area (Å²) in [6.07, 6.45) is -0.373. The van der Waals surface area contributed by atoms with Crippen LogP contribution < -0.4 is 4.90 Å². The van der Waals surface area contributed by atoms with Crippen molar-refractivity contribution in [2.45, 2.75) is 26.1 Å². The van der Waals surface area contributed by atoms with Gasteiger partial charge < -0.3 is 19.5 Å². The molecule has 0 bridgehead atoms. The monoisotopic (exact) mass is 314 g/mol.